The summed E-state index contributed by atoms with van der Waals surface area (Å²) in [7, 11) is 0. The topological polar surface area (TPSA) is 46.9 Å². The van der Waals surface area contributed by atoms with Gasteiger partial charge in [0.05, 0.1) is 5.69 Å². The van der Waals surface area contributed by atoms with Crippen molar-refractivity contribution in [2.75, 3.05) is 0 Å². The van der Waals surface area contributed by atoms with Crippen molar-refractivity contribution in [3.63, 3.8) is 0 Å². The van der Waals surface area contributed by atoms with Crippen LogP contribution in [-0.2, 0) is 11.3 Å². The second-order valence-electron chi connectivity index (χ2n) is 4.85. The number of para-hydroxylation sites is 1. The summed E-state index contributed by atoms with van der Waals surface area (Å²) in [6, 6.07) is 8.02. The number of amides is 1. The second-order valence-corrected chi connectivity index (χ2v) is 4.85. The summed E-state index contributed by atoms with van der Waals surface area (Å²) in [5.74, 6) is 1.00. The number of benzene rings is 1. The van der Waals surface area contributed by atoms with Crippen LogP contribution in [0.3, 0.4) is 0 Å². The number of carbonyl (C=O) groups excluding carboxylic acids is 1. The molecule has 0 saturated carbocycles. The van der Waals surface area contributed by atoms with Crippen LogP contribution in [0.15, 0.2) is 36.7 Å². The van der Waals surface area contributed by atoms with Crippen LogP contribution in [0, 0.1) is 12.8 Å². The molecule has 0 aliphatic rings. The zero-order chi connectivity index (χ0) is 13.8. The minimum absolute atomic E-state index is 0.00198. The average molecular weight is 257 g/mol. The lowest BCUT2D eigenvalue weighted by Crippen LogP contribution is -2.27. The first-order valence-electron chi connectivity index (χ1n) is 6.45. The Labute approximate surface area is 113 Å². The summed E-state index contributed by atoms with van der Waals surface area (Å²) >= 11 is 0. The molecule has 0 atom stereocenters. The highest BCUT2D eigenvalue weighted by Crippen LogP contribution is 2.16. The predicted octanol–water partition coefficient (Wildman–Crippen LogP) is 2.45. The molecule has 0 spiro atoms. The van der Waals surface area contributed by atoms with Crippen molar-refractivity contribution in [1.29, 1.82) is 0 Å². The van der Waals surface area contributed by atoms with E-state index in [1.165, 1.54) is 0 Å². The van der Waals surface area contributed by atoms with E-state index >= 15 is 0 Å². The monoisotopic (exact) mass is 257 g/mol. The third kappa shape index (κ3) is 3.02. The molecule has 1 N–H and O–H groups in total. The number of carbonyl (C=O) groups is 1. The van der Waals surface area contributed by atoms with E-state index in [2.05, 4.69) is 10.3 Å². The largest absolute Gasteiger partial charge is 0.352 e. The Kier molecular flexibility index (Phi) is 4.00. The number of hydrogen-bond acceptors (Lipinski definition) is 2. The van der Waals surface area contributed by atoms with Crippen molar-refractivity contribution >= 4 is 5.91 Å². The van der Waals surface area contributed by atoms with Gasteiger partial charge in [0.2, 0.25) is 5.91 Å². The Morgan fingerprint density at radius 2 is 2.11 bits per heavy atom. The summed E-state index contributed by atoms with van der Waals surface area (Å²) in [5, 5.41) is 2.95. The Hall–Kier alpha value is -2.10. The third-order valence-electron chi connectivity index (χ3n) is 3.05. The van der Waals surface area contributed by atoms with E-state index in [-0.39, 0.29) is 11.8 Å². The summed E-state index contributed by atoms with van der Waals surface area (Å²) < 4.78 is 2.02. The minimum atomic E-state index is 0.00198. The number of hydrogen-bond donors (Lipinski definition) is 1. The van der Waals surface area contributed by atoms with Gasteiger partial charge in [-0.2, -0.15) is 0 Å². The molecular weight excluding hydrogens is 238 g/mol. The summed E-state index contributed by atoms with van der Waals surface area (Å²) in [6.07, 6.45) is 3.71. The van der Waals surface area contributed by atoms with Gasteiger partial charge in [0.25, 0.3) is 0 Å². The molecule has 0 radical (unpaired) electrons. The molecular formula is C15H19N3O. The SMILES string of the molecule is Cc1nccn1-c1ccccc1CNC(=O)C(C)C. The van der Waals surface area contributed by atoms with E-state index in [0.717, 1.165) is 17.1 Å². The minimum Gasteiger partial charge on any atom is -0.352 e. The molecule has 1 amide bonds. The van der Waals surface area contributed by atoms with Gasteiger partial charge in [-0.25, -0.2) is 4.98 Å². The zero-order valence-corrected chi connectivity index (χ0v) is 11.6. The molecule has 2 rings (SSSR count). The van der Waals surface area contributed by atoms with Gasteiger partial charge in [-0.1, -0.05) is 32.0 Å². The normalized spacial score (nSPS) is 10.7. The van der Waals surface area contributed by atoms with E-state index < -0.39 is 0 Å². The van der Waals surface area contributed by atoms with Crippen LogP contribution < -0.4 is 5.32 Å². The third-order valence-corrected chi connectivity index (χ3v) is 3.05. The van der Waals surface area contributed by atoms with Gasteiger partial charge in [0.15, 0.2) is 0 Å². The Morgan fingerprint density at radius 1 is 1.37 bits per heavy atom. The molecule has 0 unspecified atom stereocenters. The highest BCUT2D eigenvalue weighted by Gasteiger charge is 2.09. The quantitative estimate of drug-likeness (QED) is 0.914. The van der Waals surface area contributed by atoms with Gasteiger partial charge in [0.1, 0.15) is 5.82 Å². The van der Waals surface area contributed by atoms with E-state index in [4.69, 9.17) is 0 Å². The van der Waals surface area contributed by atoms with Crippen LogP contribution in [0.5, 0.6) is 0 Å². The van der Waals surface area contributed by atoms with Crippen molar-refractivity contribution in [3.8, 4) is 5.69 Å². The molecule has 4 heteroatoms. The standard InChI is InChI=1S/C15H19N3O/c1-11(2)15(19)17-10-13-6-4-5-7-14(13)18-9-8-16-12(18)3/h4-9,11H,10H2,1-3H3,(H,17,19). The van der Waals surface area contributed by atoms with E-state index in [0.29, 0.717) is 6.54 Å². The van der Waals surface area contributed by atoms with Crippen LogP contribution in [0.2, 0.25) is 0 Å². The van der Waals surface area contributed by atoms with Crippen molar-refractivity contribution in [2.45, 2.75) is 27.3 Å². The molecule has 0 aliphatic heterocycles. The molecule has 1 heterocycles. The zero-order valence-electron chi connectivity index (χ0n) is 11.6. The first-order chi connectivity index (χ1) is 9.09. The predicted molar refractivity (Wildman–Crippen MR) is 75.0 cm³/mol. The second kappa shape index (κ2) is 5.69. The van der Waals surface area contributed by atoms with E-state index in [1.807, 2.05) is 55.8 Å². The fourth-order valence-corrected chi connectivity index (χ4v) is 1.91. The number of nitrogens with zero attached hydrogens (tertiary/aromatic N) is 2. The van der Waals surface area contributed by atoms with Crippen molar-refractivity contribution in [2.24, 2.45) is 5.92 Å². The van der Waals surface area contributed by atoms with Gasteiger partial charge >= 0.3 is 0 Å². The number of imidazole rings is 1. The highest BCUT2D eigenvalue weighted by molar-refractivity contribution is 5.77. The summed E-state index contributed by atoms with van der Waals surface area (Å²) in [5.41, 5.74) is 2.14. The molecule has 0 fully saturated rings. The lowest BCUT2D eigenvalue weighted by Gasteiger charge is -2.13. The fourth-order valence-electron chi connectivity index (χ4n) is 1.91. The Balaban J connectivity index is 2.23. The van der Waals surface area contributed by atoms with Crippen molar-refractivity contribution in [3.05, 3.63) is 48.0 Å². The molecule has 19 heavy (non-hydrogen) atoms. The van der Waals surface area contributed by atoms with Crippen LogP contribution in [0.4, 0.5) is 0 Å². The molecule has 2 aromatic rings. The average Bonchev–Trinajstić information content (AvgIpc) is 2.82. The molecule has 0 aliphatic carbocycles. The first-order valence-corrected chi connectivity index (χ1v) is 6.45. The maximum absolute atomic E-state index is 11.7. The van der Waals surface area contributed by atoms with Gasteiger partial charge in [-0.05, 0) is 18.6 Å². The smallest absolute Gasteiger partial charge is 0.222 e. The van der Waals surface area contributed by atoms with Gasteiger partial charge < -0.3 is 9.88 Å². The summed E-state index contributed by atoms with van der Waals surface area (Å²) in [6.45, 7) is 6.27. The molecule has 1 aromatic heterocycles. The van der Waals surface area contributed by atoms with Crippen LogP contribution >= 0.6 is 0 Å². The van der Waals surface area contributed by atoms with Crippen molar-refractivity contribution < 1.29 is 4.79 Å². The summed E-state index contributed by atoms with van der Waals surface area (Å²) in [4.78, 5) is 15.9. The molecule has 100 valence electrons. The number of nitrogens with one attached hydrogen (secondary N) is 1. The Morgan fingerprint density at radius 3 is 2.74 bits per heavy atom. The lowest BCUT2D eigenvalue weighted by molar-refractivity contribution is -0.124. The molecule has 4 nitrogen and oxygen atoms in total. The van der Waals surface area contributed by atoms with Gasteiger partial charge in [0, 0.05) is 24.9 Å². The van der Waals surface area contributed by atoms with Gasteiger partial charge in [-0.3, -0.25) is 4.79 Å². The maximum Gasteiger partial charge on any atom is 0.222 e. The van der Waals surface area contributed by atoms with E-state index in [9.17, 15) is 4.79 Å². The number of aromatic nitrogens is 2. The van der Waals surface area contributed by atoms with Crippen LogP contribution in [-0.4, -0.2) is 15.5 Å². The van der Waals surface area contributed by atoms with Crippen LogP contribution in [0.1, 0.15) is 25.2 Å². The molecule has 0 saturated heterocycles. The van der Waals surface area contributed by atoms with Crippen molar-refractivity contribution in [1.82, 2.24) is 14.9 Å². The molecule has 1 aromatic carbocycles. The highest BCUT2D eigenvalue weighted by atomic mass is 16.1. The van der Waals surface area contributed by atoms with E-state index in [1.54, 1.807) is 6.20 Å². The van der Waals surface area contributed by atoms with Crippen LogP contribution in [0.25, 0.3) is 5.69 Å². The fraction of sp³-hybridized carbons (Fsp3) is 0.333. The number of rotatable bonds is 4. The van der Waals surface area contributed by atoms with Gasteiger partial charge in [-0.15, -0.1) is 0 Å². The maximum atomic E-state index is 11.7. The Bertz CT molecular complexity index is 572. The molecule has 0 bridgehead atoms. The first kappa shape index (κ1) is 13.3. The number of aryl methyl sites for hydroxylation is 1. The lowest BCUT2D eigenvalue weighted by atomic mass is 10.1.